The predicted molar refractivity (Wildman–Crippen MR) is 76.2 cm³/mol. The molecule has 4 heteroatoms. The third-order valence-electron chi connectivity index (χ3n) is 3.69. The lowest BCUT2D eigenvalue weighted by molar-refractivity contribution is 0.0350. The van der Waals surface area contributed by atoms with Crippen LogP contribution in [0.2, 0.25) is 0 Å². The maximum absolute atomic E-state index is 12.3. The zero-order valence-electron chi connectivity index (χ0n) is 11.6. The summed E-state index contributed by atoms with van der Waals surface area (Å²) < 4.78 is 5.29. The lowest BCUT2D eigenvalue weighted by atomic mass is 10.0. The Bertz CT molecular complexity index is 495. The minimum atomic E-state index is -0.920. The lowest BCUT2D eigenvalue weighted by Gasteiger charge is -2.31. The zero-order valence-corrected chi connectivity index (χ0v) is 11.6. The van der Waals surface area contributed by atoms with Crippen molar-refractivity contribution >= 4 is 5.91 Å². The van der Waals surface area contributed by atoms with Crippen molar-refractivity contribution in [3.05, 3.63) is 35.4 Å². The minimum absolute atomic E-state index is 0.0151. The largest absolute Gasteiger partial charge is 0.381 e. The van der Waals surface area contributed by atoms with Crippen molar-refractivity contribution in [2.75, 3.05) is 20.2 Å². The standard InChI is InChI=1S/C16H19NO3/c1-3-15(18)12-4-6-13(7-5-12)16(19)17-10-8-14(20-2)9-11-17/h1,4-7,14-15,18H,8-11H2,2H3. The molecule has 1 heterocycles. The van der Waals surface area contributed by atoms with Gasteiger partial charge in [-0.2, -0.15) is 0 Å². The van der Waals surface area contributed by atoms with E-state index >= 15 is 0 Å². The van der Waals surface area contributed by atoms with E-state index in [4.69, 9.17) is 11.2 Å². The van der Waals surface area contributed by atoms with E-state index in [1.165, 1.54) is 0 Å². The number of likely N-dealkylation sites (tertiary alicyclic amines) is 1. The number of methoxy groups -OCH3 is 1. The maximum atomic E-state index is 12.3. The summed E-state index contributed by atoms with van der Waals surface area (Å²) in [5.74, 6) is 2.27. The number of rotatable bonds is 3. The summed E-state index contributed by atoms with van der Waals surface area (Å²) in [6, 6.07) is 6.81. The smallest absolute Gasteiger partial charge is 0.253 e. The van der Waals surface area contributed by atoms with Gasteiger partial charge in [0.1, 0.15) is 6.10 Å². The van der Waals surface area contributed by atoms with Crippen LogP contribution < -0.4 is 0 Å². The van der Waals surface area contributed by atoms with Crippen molar-refractivity contribution in [2.24, 2.45) is 0 Å². The quantitative estimate of drug-likeness (QED) is 0.851. The second-order valence-corrected chi connectivity index (χ2v) is 4.92. The summed E-state index contributed by atoms with van der Waals surface area (Å²) in [6.07, 6.45) is 6.24. The van der Waals surface area contributed by atoms with Crippen LogP contribution >= 0.6 is 0 Å². The van der Waals surface area contributed by atoms with E-state index in [2.05, 4.69) is 5.92 Å². The second kappa shape index (κ2) is 6.56. The molecular weight excluding hydrogens is 254 g/mol. The van der Waals surface area contributed by atoms with E-state index in [0.717, 1.165) is 12.8 Å². The molecule has 0 radical (unpaired) electrons. The highest BCUT2D eigenvalue weighted by Crippen LogP contribution is 2.17. The van der Waals surface area contributed by atoms with Crippen LogP contribution in [0.5, 0.6) is 0 Å². The minimum Gasteiger partial charge on any atom is -0.381 e. The van der Waals surface area contributed by atoms with Gasteiger partial charge in [-0.1, -0.05) is 18.1 Å². The first-order chi connectivity index (χ1) is 9.65. The fourth-order valence-electron chi connectivity index (χ4n) is 2.38. The van der Waals surface area contributed by atoms with Gasteiger partial charge in [0.2, 0.25) is 0 Å². The second-order valence-electron chi connectivity index (χ2n) is 4.92. The van der Waals surface area contributed by atoms with Gasteiger partial charge in [-0.3, -0.25) is 4.79 Å². The zero-order chi connectivity index (χ0) is 14.5. The third kappa shape index (κ3) is 3.19. The van der Waals surface area contributed by atoms with Crippen LogP contribution in [0.1, 0.15) is 34.9 Å². The van der Waals surface area contributed by atoms with Crippen LogP contribution in [-0.4, -0.2) is 42.2 Å². The van der Waals surface area contributed by atoms with Crippen LogP contribution in [0.3, 0.4) is 0 Å². The van der Waals surface area contributed by atoms with E-state index in [9.17, 15) is 9.90 Å². The van der Waals surface area contributed by atoms with Gasteiger partial charge >= 0.3 is 0 Å². The summed E-state index contributed by atoms with van der Waals surface area (Å²) in [5, 5.41) is 9.52. The van der Waals surface area contributed by atoms with Gasteiger partial charge in [0.25, 0.3) is 5.91 Å². The van der Waals surface area contributed by atoms with Gasteiger partial charge in [0, 0.05) is 25.8 Å². The molecule has 1 aromatic carbocycles. The molecule has 0 bridgehead atoms. The number of hydrogen-bond donors (Lipinski definition) is 1. The number of nitrogens with zero attached hydrogens (tertiary/aromatic N) is 1. The molecule has 0 aliphatic carbocycles. The molecule has 0 saturated carbocycles. The SMILES string of the molecule is C#CC(O)c1ccc(C(=O)N2CCC(OC)CC2)cc1. The normalized spacial score (nSPS) is 17.6. The number of benzene rings is 1. The van der Waals surface area contributed by atoms with Gasteiger partial charge in [-0.15, -0.1) is 6.42 Å². The highest BCUT2D eigenvalue weighted by Gasteiger charge is 2.23. The van der Waals surface area contributed by atoms with E-state index in [-0.39, 0.29) is 12.0 Å². The molecule has 1 fully saturated rings. The third-order valence-corrected chi connectivity index (χ3v) is 3.69. The Hall–Kier alpha value is -1.83. The summed E-state index contributed by atoms with van der Waals surface area (Å²) in [5.41, 5.74) is 1.25. The van der Waals surface area contributed by atoms with Gasteiger partial charge < -0.3 is 14.7 Å². The monoisotopic (exact) mass is 273 g/mol. The summed E-state index contributed by atoms with van der Waals surface area (Å²) in [6.45, 7) is 1.43. The molecule has 2 rings (SSSR count). The first-order valence-corrected chi connectivity index (χ1v) is 6.72. The number of carbonyl (C=O) groups excluding carboxylic acids is 1. The van der Waals surface area contributed by atoms with E-state index in [1.807, 2.05) is 4.90 Å². The summed E-state index contributed by atoms with van der Waals surface area (Å²) >= 11 is 0. The number of terminal acetylenes is 1. The van der Waals surface area contributed by atoms with Crippen molar-refractivity contribution in [1.82, 2.24) is 4.90 Å². The van der Waals surface area contributed by atoms with Crippen molar-refractivity contribution in [3.8, 4) is 12.3 Å². The molecule has 106 valence electrons. The van der Waals surface area contributed by atoms with E-state index < -0.39 is 6.10 Å². The van der Waals surface area contributed by atoms with Gasteiger partial charge in [0.05, 0.1) is 6.10 Å². The van der Waals surface area contributed by atoms with Crippen LogP contribution in [0.25, 0.3) is 0 Å². The Morgan fingerprint density at radius 1 is 1.40 bits per heavy atom. The number of ether oxygens (including phenoxy) is 1. The molecule has 1 aromatic rings. The molecular formula is C16H19NO3. The molecule has 4 nitrogen and oxygen atoms in total. The van der Waals surface area contributed by atoms with Gasteiger partial charge in [-0.05, 0) is 30.5 Å². The number of carbonyl (C=O) groups is 1. The molecule has 1 saturated heterocycles. The highest BCUT2D eigenvalue weighted by molar-refractivity contribution is 5.94. The average molecular weight is 273 g/mol. The van der Waals surface area contributed by atoms with Crippen LogP contribution in [0.4, 0.5) is 0 Å². The first kappa shape index (κ1) is 14.6. The van der Waals surface area contributed by atoms with E-state index in [1.54, 1.807) is 31.4 Å². The van der Waals surface area contributed by atoms with E-state index in [0.29, 0.717) is 24.2 Å². The lowest BCUT2D eigenvalue weighted by Crippen LogP contribution is -2.40. The molecule has 1 atom stereocenters. The number of piperidine rings is 1. The average Bonchev–Trinajstić information content (AvgIpc) is 2.53. The van der Waals surface area contributed by atoms with Crippen molar-refractivity contribution in [1.29, 1.82) is 0 Å². The number of amides is 1. The number of aliphatic hydroxyl groups excluding tert-OH is 1. The number of hydrogen-bond acceptors (Lipinski definition) is 3. The van der Waals surface area contributed by atoms with Crippen molar-refractivity contribution < 1.29 is 14.6 Å². The predicted octanol–water partition coefficient (Wildman–Crippen LogP) is 1.60. The Balaban J connectivity index is 2.01. The van der Waals surface area contributed by atoms with Crippen molar-refractivity contribution in [3.63, 3.8) is 0 Å². The fourth-order valence-corrected chi connectivity index (χ4v) is 2.38. The highest BCUT2D eigenvalue weighted by atomic mass is 16.5. The Labute approximate surface area is 119 Å². The van der Waals surface area contributed by atoms with Crippen molar-refractivity contribution in [2.45, 2.75) is 25.0 Å². The summed E-state index contributed by atoms with van der Waals surface area (Å²) in [4.78, 5) is 14.2. The van der Waals surface area contributed by atoms with Crippen LogP contribution in [0, 0.1) is 12.3 Å². The Kier molecular flexibility index (Phi) is 4.78. The molecule has 1 aliphatic heterocycles. The summed E-state index contributed by atoms with van der Waals surface area (Å²) in [7, 11) is 1.71. The molecule has 1 N–H and O–H groups in total. The molecule has 1 unspecified atom stereocenters. The Morgan fingerprint density at radius 2 is 2.00 bits per heavy atom. The topological polar surface area (TPSA) is 49.8 Å². The molecule has 0 spiro atoms. The van der Waals surface area contributed by atoms with Crippen LogP contribution in [-0.2, 0) is 4.74 Å². The van der Waals surface area contributed by atoms with Gasteiger partial charge in [-0.25, -0.2) is 0 Å². The van der Waals surface area contributed by atoms with Gasteiger partial charge in [0.15, 0.2) is 0 Å². The molecule has 20 heavy (non-hydrogen) atoms. The molecule has 0 aromatic heterocycles. The maximum Gasteiger partial charge on any atom is 0.253 e. The Morgan fingerprint density at radius 3 is 2.50 bits per heavy atom. The number of aliphatic hydroxyl groups is 1. The van der Waals surface area contributed by atoms with Crippen LogP contribution in [0.15, 0.2) is 24.3 Å². The molecule has 1 aliphatic rings. The fraction of sp³-hybridized carbons (Fsp3) is 0.438. The molecule has 1 amide bonds. The first-order valence-electron chi connectivity index (χ1n) is 6.72.